The van der Waals surface area contributed by atoms with Crippen LogP contribution in [0.1, 0.15) is 62.1 Å². The van der Waals surface area contributed by atoms with Crippen molar-refractivity contribution in [2.75, 3.05) is 4.90 Å². The average molecular weight is 658 g/mol. The van der Waals surface area contributed by atoms with Gasteiger partial charge in [0.1, 0.15) is 0 Å². The molecule has 2 fully saturated rings. The standard InChI is InChI=1S/C50H43N/c1-50(2)46-19-11-18-42(34-12-5-3-6-13-34)49(46)43-27-26-41(32-47(43)50)51(40-24-22-36(23-25-40)44-29-33-20-21-39(44)28-33)48-31-38-17-10-9-16-37(38)30-45(48)35-14-7-4-8-15-35/h3-19,22-27,30-33,39,44H,20-21,28-29H2,1-2H3. The molecule has 7 aromatic carbocycles. The fourth-order valence-electron chi connectivity index (χ4n) is 9.99. The number of rotatable bonds is 6. The van der Waals surface area contributed by atoms with Gasteiger partial charge in [-0.25, -0.2) is 0 Å². The van der Waals surface area contributed by atoms with E-state index < -0.39 is 0 Å². The molecule has 0 amide bonds. The first-order valence-corrected chi connectivity index (χ1v) is 18.8. The van der Waals surface area contributed by atoms with Crippen LogP contribution in [0.2, 0.25) is 0 Å². The fourth-order valence-corrected chi connectivity index (χ4v) is 9.99. The Morgan fingerprint density at radius 1 is 0.510 bits per heavy atom. The number of hydrogen-bond donors (Lipinski definition) is 0. The van der Waals surface area contributed by atoms with Gasteiger partial charge in [0, 0.05) is 22.4 Å². The zero-order chi connectivity index (χ0) is 34.1. The summed E-state index contributed by atoms with van der Waals surface area (Å²) >= 11 is 0. The van der Waals surface area contributed by atoms with Crippen LogP contribution < -0.4 is 4.90 Å². The maximum absolute atomic E-state index is 2.52. The minimum Gasteiger partial charge on any atom is -0.310 e. The van der Waals surface area contributed by atoms with Crippen LogP contribution in [0.5, 0.6) is 0 Å². The Kier molecular flexibility index (Phi) is 7.07. The van der Waals surface area contributed by atoms with Crippen molar-refractivity contribution in [3.63, 3.8) is 0 Å². The smallest absolute Gasteiger partial charge is 0.0546 e. The van der Waals surface area contributed by atoms with E-state index in [1.807, 2.05) is 0 Å². The van der Waals surface area contributed by atoms with Gasteiger partial charge in [-0.3, -0.25) is 0 Å². The molecule has 0 N–H and O–H groups in total. The summed E-state index contributed by atoms with van der Waals surface area (Å²) < 4.78 is 0. The third-order valence-corrected chi connectivity index (χ3v) is 12.5. The van der Waals surface area contributed by atoms with Crippen LogP contribution >= 0.6 is 0 Å². The quantitative estimate of drug-likeness (QED) is 0.172. The van der Waals surface area contributed by atoms with Crippen molar-refractivity contribution in [1.82, 2.24) is 0 Å². The van der Waals surface area contributed by atoms with E-state index in [9.17, 15) is 0 Å². The minimum absolute atomic E-state index is 0.144. The highest BCUT2D eigenvalue weighted by Crippen LogP contribution is 2.55. The van der Waals surface area contributed by atoms with Gasteiger partial charge in [-0.2, -0.15) is 0 Å². The summed E-state index contributed by atoms with van der Waals surface area (Å²) in [7, 11) is 0. The molecule has 7 aromatic rings. The van der Waals surface area contributed by atoms with Crippen molar-refractivity contribution < 1.29 is 0 Å². The van der Waals surface area contributed by atoms with Crippen LogP contribution in [0.3, 0.4) is 0 Å². The van der Waals surface area contributed by atoms with E-state index in [1.54, 1.807) is 0 Å². The van der Waals surface area contributed by atoms with E-state index in [-0.39, 0.29) is 5.41 Å². The van der Waals surface area contributed by atoms with Gasteiger partial charge in [-0.1, -0.05) is 142 Å². The van der Waals surface area contributed by atoms with Crippen LogP contribution in [0.4, 0.5) is 17.1 Å². The highest BCUT2D eigenvalue weighted by Gasteiger charge is 2.40. The highest BCUT2D eigenvalue weighted by molar-refractivity contribution is 5.99. The van der Waals surface area contributed by atoms with Crippen molar-refractivity contribution in [2.45, 2.75) is 50.9 Å². The number of anilines is 3. The van der Waals surface area contributed by atoms with Crippen molar-refractivity contribution in [3.05, 3.63) is 174 Å². The van der Waals surface area contributed by atoms with Crippen LogP contribution in [0, 0.1) is 11.8 Å². The topological polar surface area (TPSA) is 3.24 Å². The fraction of sp³-hybridized carbons (Fsp3) is 0.200. The molecule has 2 bridgehead atoms. The normalized spacial score (nSPS) is 19.6. The molecule has 51 heavy (non-hydrogen) atoms. The molecule has 0 aliphatic heterocycles. The van der Waals surface area contributed by atoms with E-state index in [4.69, 9.17) is 0 Å². The Morgan fingerprint density at radius 2 is 1.18 bits per heavy atom. The Morgan fingerprint density at radius 3 is 1.86 bits per heavy atom. The van der Waals surface area contributed by atoms with Crippen LogP contribution in [-0.4, -0.2) is 0 Å². The van der Waals surface area contributed by atoms with Crippen molar-refractivity contribution in [2.24, 2.45) is 11.8 Å². The Bertz CT molecular complexity index is 2400. The van der Waals surface area contributed by atoms with E-state index >= 15 is 0 Å². The molecule has 0 saturated heterocycles. The van der Waals surface area contributed by atoms with Gasteiger partial charge in [0.2, 0.25) is 0 Å². The number of nitrogens with zero attached hydrogens (tertiary/aromatic N) is 1. The zero-order valence-electron chi connectivity index (χ0n) is 29.5. The largest absolute Gasteiger partial charge is 0.310 e. The summed E-state index contributed by atoms with van der Waals surface area (Å²) in [6, 6.07) is 59.1. The van der Waals surface area contributed by atoms with E-state index in [1.165, 1.54) is 104 Å². The van der Waals surface area contributed by atoms with Crippen molar-refractivity contribution in [1.29, 1.82) is 0 Å². The third-order valence-electron chi connectivity index (χ3n) is 12.5. The maximum atomic E-state index is 2.52. The summed E-state index contributed by atoms with van der Waals surface area (Å²) in [4.78, 5) is 2.52. The summed E-state index contributed by atoms with van der Waals surface area (Å²) in [5.74, 6) is 2.51. The lowest BCUT2D eigenvalue weighted by Crippen LogP contribution is -2.17. The van der Waals surface area contributed by atoms with E-state index in [0.717, 1.165) is 11.8 Å². The molecule has 0 radical (unpaired) electrons. The first kappa shape index (κ1) is 30.4. The Labute approximate surface area is 302 Å². The second-order valence-corrected chi connectivity index (χ2v) is 15.7. The average Bonchev–Trinajstić information content (AvgIpc) is 3.88. The number of benzene rings is 7. The zero-order valence-corrected chi connectivity index (χ0v) is 29.5. The predicted molar refractivity (Wildman–Crippen MR) is 215 cm³/mol. The third kappa shape index (κ3) is 4.97. The van der Waals surface area contributed by atoms with Crippen LogP contribution in [0.15, 0.2) is 158 Å². The summed E-state index contributed by atoms with van der Waals surface area (Å²) in [6.07, 6.45) is 5.63. The molecule has 0 heterocycles. The molecule has 0 aromatic heterocycles. The molecule has 10 rings (SSSR count). The highest BCUT2D eigenvalue weighted by atomic mass is 15.1. The lowest BCUT2D eigenvalue weighted by molar-refractivity contribution is 0.420. The molecule has 1 heteroatoms. The molecule has 248 valence electrons. The number of hydrogen-bond acceptors (Lipinski definition) is 1. The molecule has 3 atom stereocenters. The van der Waals surface area contributed by atoms with Gasteiger partial charge >= 0.3 is 0 Å². The predicted octanol–water partition coefficient (Wildman–Crippen LogP) is 13.9. The molecule has 1 nitrogen and oxygen atoms in total. The van der Waals surface area contributed by atoms with Crippen LogP contribution in [0.25, 0.3) is 44.2 Å². The number of fused-ring (bicyclic) bond motifs is 6. The maximum Gasteiger partial charge on any atom is 0.0546 e. The first-order valence-electron chi connectivity index (χ1n) is 18.8. The van der Waals surface area contributed by atoms with Gasteiger partial charge < -0.3 is 4.90 Å². The Hall–Kier alpha value is -5.40. The molecular weight excluding hydrogens is 615 g/mol. The van der Waals surface area contributed by atoms with Gasteiger partial charge in [-0.05, 0) is 129 Å². The van der Waals surface area contributed by atoms with Gasteiger partial charge in [0.25, 0.3) is 0 Å². The van der Waals surface area contributed by atoms with Crippen LogP contribution in [-0.2, 0) is 5.41 Å². The lowest BCUT2D eigenvalue weighted by atomic mass is 9.81. The van der Waals surface area contributed by atoms with Gasteiger partial charge in [-0.15, -0.1) is 0 Å². The molecule has 3 unspecified atom stereocenters. The lowest BCUT2D eigenvalue weighted by Gasteiger charge is -2.31. The van der Waals surface area contributed by atoms with Gasteiger partial charge in [0.05, 0.1) is 5.69 Å². The monoisotopic (exact) mass is 657 g/mol. The SMILES string of the molecule is CC1(C)c2cc(N(c3ccc(C4CC5CCC4C5)cc3)c3cc4ccccc4cc3-c3ccccc3)ccc2-c2c(-c3ccccc3)cccc21. The summed E-state index contributed by atoms with van der Waals surface area (Å²) in [6.45, 7) is 4.80. The second kappa shape index (κ2) is 11.8. The first-order chi connectivity index (χ1) is 25.0. The second-order valence-electron chi connectivity index (χ2n) is 15.7. The van der Waals surface area contributed by atoms with E-state index in [0.29, 0.717) is 5.92 Å². The van der Waals surface area contributed by atoms with Crippen molar-refractivity contribution >= 4 is 27.8 Å². The van der Waals surface area contributed by atoms with E-state index in [2.05, 4.69) is 176 Å². The summed E-state index contributed by atoms with van der Waals surface area (Å²) in [5, 5.41) is 2.50. The molecule has 2 saturated carbocycles. The molecular formula is C50H43N. The van der Waals surface area contributed by atoms with Gasteiger partial charge in [0.15, 0.2) is 0 Å². The Balaban J connectivity index is 1.17. The summed E-state index contributed by atoms with van der Waals surface area (Å²) in [5.41, 5.74) is 15.5. The molecule has 3 aliphatic rings. The molecule has 0 spiro atoms. The minimum atomic E-state index is -0.144. The van der Waals surface area contributed by atoms with Crippen molar-refractivity contribution in [3.8, 4) is 33.4 Å². The molecule has 3 aliphatic carbocycles.